The number of nitrogens with zero attached hydrogens (tertiary/aromatic N) is 1. The molecule has 1 N–H and O–H groups in total. The molecule has 1 atom stereocenters. The summed E-state index contributed by atoms with van der Waals surface area (Å²) in [7, 11) is 0. The van der Waals surface area contributed by atoms with Crippen LogP contribution in [0.15, 0.2) is 29.8 Å². The van der Waals surface area contributed by atoms with Gasteiger partial charge in [0.2, 0.25) is 0 Å². The van der Waals surface area contributed by atoms with E-state index in [1.165, 1.54) is 5.57 Å². The number of hydroxylamine groups is 2. The summed E-state index contributed by atoms with van der Waals surface area (Å²) >= 11 is 5.97. The van der Waals surface area contributed by atoms with Crippen LogP contribution in [0, 0.1) is 5.21 Å². The summed E-state index contributed by atoms with van der Waals surface area (Å²) in [6.45, 7) is 5.73. The summed E-state index contributed by atoms with van der Waals surface area (Å²) in [6.07, 6.45) is 1.99. The van der Waals surface area contributed by atoms with E-state index < -0.39 is 0 Å². The maximum atomic E-state index is 12.8. The second-order valence-corrected chi connectivity index (χ2v) is 5.10. The smallest absolute Gasteiger partial charge is 0.158 e. The minimum absolute atomic E-state index is 0.325. The Balaban J connectivity index is 2.38. The normalized spacial score (nSPS) is 22.6. The number of hydrogen-bond acceptors (Lipinski definition) is 2. The van der Waals surface area contributed by atoms with Crippen LogP contribution < -0.4 is 9.96 Å². The van der Waals surface area contributed by atoms with Gasteiger partial charge in [0, 0.05) is 11.1 Å². The topological polar surface area (TPSA) is 35.1 Å². The van der Waals surface area contributed by atoms with E-state index >= 15 is 0 Å². The molecule has 92 valence electrons. The first-order valence-corrected chi connectivity index (χ1v) is 6.14. The van der Waals surface area contributed by atoms with Crippen LogP contribution >= 0.6 is 11.6 Å². The second-order valence-electron chi connectivity index (χ2n) is 4.67. The lowest BCUT2D eigenvalue weighted by atomic mass is 10.1. The van der Waals surface area contributed by atoms with Crippen molar-refractivity contribution in [3.63, 3.8) is 0 Å². The van der Waals surface area contributed by atoms with Gasteiger partial charge in [0.15, 0.2) is 5.69 Å². The predicted octanol–water partition coefficient (Wildman–Crippen LogP) is 3.54. The maximum Gasteiger partial charge on any atom is 0.158 e. The van der Waals surface area contributed by atoms with Crippen molar-refractivity contribution >= 4 is 23.0 Å². The molecule has 0 aromatic heterocycles. The minimum atomic E-state index is -0.325. The fraction of sp³-hybridized carbons (Fsp3) is 0.385. The monoisotopic (exact) mass is 252 g/mol. The van der Waals surface area contributed by atoms with Gasteiger partial charge in [0.05, 0.1) is 12.2 Å². The summed E-state index contributed by atoms with van der Waals surface area (Å²) in [4.78, 5) is 0. The van der Waals surface area contributed by atoms with Crippen molar-refractivity contribution in [2.24, 2.45) is 0 Å². The average molecular weight is 253 g/mol. The molecule has 2 rings (SSSR count). The van der Waals surface area contributed by atoms with Gasteiger partial charge in [-0.15, -0.1) is 0 Å². The van der Waals surface area contributed by atoms with Crippen LogP contribution in [0.3, 0.4) is 0 Å². The van der Waals surface area contributed by atoms with E-state index in [9.17, 15) is 5.21 Å². The molecule has 1 aromatic rings. The number of benzene rings is 1. The van der Waals surface area contributed by atoms with E-state index in [1.54, 1.807) is 6.07 Å². The van der Waals surface area contributed by atoms with Crippen molar-refractivity contribution in [3.05, 3.63) is 40.1 Å². The number of halogens is 1. The first-order chi connectivity index (χ1) is 8.01. The molecule has 1 heterocycles. The number of allylic oxidation sites excluding steroid dienone is 1. The Morgan fingerprint density at radius 1 is 1.53 bits per heavy atom. The molecule has 4 heteroatoms. The highest BCUT2D eigenvalue weighted by Crippen LogP contribution is 2.36. The Morgan fingerprint density at radius 2 is 2.29 bits per heavy atom. The molecule has 1 aromatic carbocycles. The van der Waals surface area contributed by atoms with E-state index in [-0.39, 0.29) is 4.65 Å². The van der Waals surface area contributed by atoms with Crippen LogP contribution in [-0.4, -0.2) is 19.6 Å². The van der Waals surface area contributed by atoms with Crippen LogP contribution in [0.1, 0.15) is 13.8 Å². The number of quaternary nitrogens is 1. The lowest BCUT2D eigenvalue weighted by Crippen LogP contribution is -2.49. The van der Waals surface area contributed by atoms with Crippen LogP contribution in [0.25, 0.3) is 0 Å². The second kappa shape index (κ2) is 4.69. The molecular formula is C13H17ClN2O. The standard InChI is InChI=1S/C13H17ClN2O/c1-10(2)5-7-16(17)8-6-15-12-4-3-11(14)9-13(12)16/h3-5,9,15H,6-8H2,1-2H3. The summed E-state index contributed by atoms with van der Waals surface area (Å²) < 4.78 is -0.325. The number of rotatable bonds is 2. The van der Waals surface area contributed by atoms with E-state index in [0.29, 0.717) is 24.7 Å². The minimum Gasteiger partial charge on any atom is -0.627 e. The van der Waals surface area contributed by atoms with Crippen LogP contribution in [-0.2, 0) is 0 Å². The molecule has 0 fully saturated rings. The van der Waals surface area contributed by atoms with Gasteiger partial charge in [0.1, 0.15) is 13.1 Å². The summed E-state index contributed by atoms with van der Waals surface area (Å²) in [5, 5.41) is 16.6. The largest absolute Gasteiger partial charge is 0.627 e. The highest BCUT2D eigenvalue weighted by Gasteiger charge is 2.27. The summed E-state index contributed by atoms with van der Waals surface area (Å²) in [5.74, 6) is 0. The van der Waals surface area contributed by atoms with E-state index in [4.69, 9.17) is 11.6 Å². The van der Waals surface area contributed by atoms with Gasteiger partial charge >= 0.3 is 0 Å². The van der Waals surface area contributed by atoms with Crippen LogP contribution in [0.2, 0.25) is 5.02 Å². The van der Waals surface area contributed by atoms with Crippen molar-refractivity contribution < 1.29 is 0 Å². The molecule has 0 saturated carbocycles. The number of anilines is 1. The highest BCUT2D eigenvalue weighted by molar-refractivity contribution is 6.31. The quantitative estimate of drug-likeness (QED) is 0.496. The molecule has 0 bridgehead atoms. The highest BCUT2D eigenvalue weighted by atomic mass is 35.5. The molecule has 1 unspecified atom stereocenters. The molecule has 3 nitrogen and oxygen atoms in total. The van der Waals surface area contributed by atoms with Gasteiger partial charge in [-0.2, -0.15) is 0 Å². The maximum absolute atomic E-state index is 12.8. The zero-order valence-electron chi connectivity index (χ0n) is 10.2. The van der Waals surface area contributed by atoms with Gasteiger partial charge in [-0.3, -0.25) is 0 Å². The van der Waals surface area contributed by atoms with Gasteiger partial charge in [0.25, 0.3) is 0 Å². The molecule has 0 spiro atoms. The average Bonchev–Trinajstić information content (AvgIpc) is 2.28. The molecule has 0 radical (unpaired) electrons. The molecule has 1 aliphatic rings. The zero-order valence-corrected chi connectivity index (χ0v) is 10.9. The Morgan fingerprint density at radius 3 is 3.00 bits per heavy atom. The molecular weight excluding hydrogens is 236 g/mol. The Bertz CT molecular complexity index is 455. The lowest BCUT2D eigenvalue weighted by Gasteiger charge is -2.45. The van der Waals surface area contributed by atoms with Gasteiger partial charge < -0.3 is 15.2 Å². The van der Waals surface area contributed by atoms with Crippen molar-refractivity contribution in [2.75, 3.05) is 25.0 Å². The molecule has 0 amide bonds. The van der Waals surface area contributed by atoms with Crippen molar-refractivity contribution in [3.8, 4) is 0 Å². The molecule has 1 aliphatic heterocycles. The van der Waals surface area contributed by atoms with E-state index in [0.717, 1.165) is 11.4 Å². The lowest BCUT2D eigenvalue weighted by molar-refractivity contribution is 0.412. The van der Waals surface area contributed by atoms with E-state index in [2.05, 4.69) is 5.32 Å². The third-order valence-corrected chi connectivity index (χ3v) is 3.22. The number of hydrogen-bond donors (Lipinski definition) is 1. The van der Waals surface area contributed by atoms with Gasteiger partial charge in [-0.05, 0) is 32.1 Å². The van der Waals surface area contributed by atoms with Crippen molar-refractivity contribution in [2.45, 2.75) is 13.8 Å². The number of fused-ring (bicyclic) bond motifs is 1. The van der Waals surface area contributed by atoms with Gasteiger partial charge in [-0.1, -0.05) is 17.2 Å². The fourth-order valence-corrected chi connectivity index (χ4v) is 2.17. The van der Waals surface area contributed by atoms with Gasteiger partial charge in [-0.25, -0.2) is 0 Å². The van der Waals surface area contributed by atoms with Crippen molar-refractivity contribution in [1.29, 1.82) is 0 Å². The Labute approximate surface area is 107 Å². The third-order valence-electron chi connectivity index (χ3n) is 2.98. The van der Waals surface area contributed by atoms with E-state index in [1.807, 2.05) is 32.1 Å². The molecule has 0 aliphatic carbocycles. The Hall–Kier alpha value is -1.03. The SMILES string of the molecule is CC(C)=CC[N+]1([O-])CCNc2ccc(Cl)cc21. The zero-order chi connectivity index (χ0) is 12.5. The van der Waals surface area contributed by atoms with Crippen molar-refractivity contribution in [1.82, 2.24) is 4.65 Å². The molecule has 0 saturated heterocycles. The van der Waals surface area contributed by atoms with Crippen LogP contribution in [0.5, 0.6) is 0 Å². The first-order valence-electron chi connectivity index (χ1n) is 5.77. The number of nitrogens with one attached hydrogen (secondary N) is 1. The fourth-order valence-electron chi connectivity index (χ4n) is 2.00. The summed E-state index contributed by atoms with van der Waals surface area (Å²) in [5.41, 5.74) is 2.81. The molecule has 17 heavy (non-hydrogen) atoms. The first kappa shape index (κ1) is 12.4. The third kappa shape index (κ3) is 2.63. The van der Waals surface area contributed by atoms with Crippen LogP contribution in [0.4, 0.5) is 11.4 Å². The Kier molecular flexibility index (Phi) is 3.43. The summed E-state index contributed by atoms with van der Waals surface area (Å²) in [6, 6.07) is 5.46. The predicted molar refractivity (Wildman–Crippen MR) is 74.3 cm³/mol.